The van der Waals surface area contributed by atoms with Crippen molar-refractivity contribution in [2.24, 2.45) is 5.92 Å². The smallest absolute Gasteiger partial charge is 0.169 e. The van der Waals surface area contributed by atoms with Crippen molar-refractivity contribution < 1.29 is 52.7 Å². The van der Waals surface area contributed by atoms with Crippen LogP contribution in [0.5, 0.6) is 0 Å². The Kier molecular flexibility index (Phi) is 7.84. The highest BCUT2D eigenvalue weighted by molar-refractivity contribution is 5.89. The number of benzene rings is 3. The molecule has 3 aromatic carbocycles. The highest BCUT2D eigenvalue weighted by atomic mass is 19.2. The van der Waals surface area contributed by atoms with E-state index in [1.54, 1.807) is 0 Å². The molecule has 1 aliphatic carbocycles. The molecule has 0 amide bonds. The molecule has 0 heterocycles. The number of hydrogen-bond acceptors (Lipinski definition) is 0. The van der Waals surface area contributed by atoms with Gasteiger partial charge in [-0.15, -0.1) is 0 Å². The summed E-state index contributed by atoms with van der Waals surface area (Å²) in [5.74, 6) is -25.1. The lowest BCUT2D eigenvalue weighted by atomic mass is 9.91. The summed E-state index contributed by atoms with van der Waals surface area (Å²) in [6.45, 7) is 5.12. The van der Waals surface area contributed by atoms with Crippen LogP contribution in [0.15, 0.2) is 11.1 Å². The summed E-state index contributed by atoms with van der Waals surface area (Å²) >= 11 is 0. The first-order chi connectivity index (χ1) is 19.4. The largest absolute Gasteiger partial charge is 0.203 e. The maximum atomic E-state index is 14.9. The van der Waals surface area contributed by atoms with Crippen molar-refractivity contribution in [2.75, 3.05) is 0 Å². The Morgan fingerprint density at radius 2 is 0.667 bits per heavy atom. The van der Waals surface area contributed by atoms with Gasteiger partial charge in [-0.05, 0) is 62.8 Å². The Balaban J connectivity index is 2.11. The maximum absolute atomic E-state index is 14.9. The second kappa shape index (κ2) is 10.5. The van der Waals surface area contributed by atoms with Crippen molar-refractivity contribution in [1.82, 2.24) is 0 Å². The molecular weight excluding hydrogens is 588 g/mol. The van der Waals surface area contributed by atoms with Crippen LogP contribution in [0.1, 0.15) is 60.1 Å². The fourth-order valence-corrected chi connectivity index (χ4v) is 5.35. The first-order valence-electron chi connectivity index (χ1n) is 12.3. The molecule has 4 rings (SSSR count). The van der Waals surface area contributed by atoms with Crippen molar-refractivity contribution in [3.8, 4) is 0 Å². The monoisotopic (exact) mass is 608 g/mol. The Labute approximate surface area is 232 Å². The van der Waals surface area contributed by atoms with Crippen molar-refractivity contribution in [3.63, 3.8) is 0 Å². The van der Waals surface area contributed by atoms with Gasteiger partial charge in [-0.1, -0.05) is 6.92 Å². The van der Waals surface area contributed by atoms with Gasteiger partial charge < -0.3 is 0 Å². The van der Waals surface area contributed by atoms with Crippen LogP contribution >= 0.6 is 0 Å². The van der Waals surface area contributed by atoms with E-state index in [1.165, 1.54) is 0 Å². The number of rotatable bonds is 4. The molecule has 42 heavy (non-hydrogen) atoms. The topological polar surface area (TPSA) is 0 Å². The molecule has 1 aliphatic rings. The lowest BCUT2D eigenvalue weighted by Crippen LogP contribution is -2.11. The molecule has 0 aliphatic heterocycles. The van der Waals surface area contributed by atoms with E-state index in [9.17, 15) is 52.7 Å². The molecule has 1 saturated carbocycles. The number of allylic oxidation sites excluding steroid dienone is 4. The van der Waals surface area contributed by atoms with Gasteiger partial charge in [0.05, 0.1) is 11.1 Å². The van der Waals surface area contributed by atoms with E-state index in [0.717, 1.165) is 41.5 Å². The molecule has 0 nitrogen and oxygen atoms in total. The molecule has 0 radical (unpaired) electrons. The Morgan fingerprint density at radius 1 is 0.429 bits per heavy atom. The van der Waals surface area contributed by atoms with E-state index in [-0.39, 0.29) is 11.1 Å². The average molecular weight is 608 g/mol. The first kappa shape index (κ1) is 31.2. The fourth-order valence-electron chi connectivity index (χ4n) is 5.35. The van der Waals surface area contributed by atoms with Gasteiger partial charge in [0.25, 0.3) is 0 Å². The normalized spacial score (nSPS) is 18.0. The molecule has 0 N–H and O–H groups in total. The van der Waals surface area contributed by atoms with Crippen molar-refractivity contribution in [1.29, 1.82) is 0 Å². The van der Waals surface area contributed by atoms with Crippen LogP contribution in [0.3, 0.4) is 0 Å². The highest BCUT2D eigenvalue weighted by Gasteiger charge is 2.49. The predicted molar refractivity (Wildman–Crippen MR) is 130 cm³/mol. The zero-order valence-corrected chi connectivity index (χ0v) is 22.7. The van der Waals surface area contributed by atoms with Gasteiger partial charge in [-0.2, -0.15) is 0 Å². The lowest BCUT2D eigenvalue weighted by Gasteiger charge is -2.16. The molecule has 2 atom stereocenters. The van der Waals surface area contributed by atoms with E-state index < -0.39 is 126 Å². The third-order valence-electron chi connectivity index (χ3n) is 7.82. The van der Waals surface area contributed by atoms with E-state index in [1.807, 2.05) is 0 Å². The van der Waals surface area contributed by atoms with Crippen LogP contribution in [-0.4, -0.2) is 0 Å². The predicted octanol–water partition coefficient (Wildman–Crippen LogP) is 9.96. The highest BCUT2D eigenvalue weighted by Crippen LogP contribution is 2.60. The molecule has 3 aromatic rings. The van der Waals surface area contributed by atoms with E-state index in [4.69, 9.17) is 0 Å². The summed E-state index contributed by atoms with van der Waals surface area (Å²) in [7, 11) is 0. The van der Waals surface area contributed by atoms with Crippen LogP contribution in [-0.2, 0) is 0 Å². The zero-order valence-electron chi connectivity index (χ0n) is 22.7. The third kappa shape index (κ3) is 4.32. The van der Waals surface area contributed by atoms with E-state index >= 15 is 0 Å². The lowest BCUT2D eigenvalue weighted by molar-refractivity contribution is 0.418. The van der Waals surface area contributed by atoms with Crippen LogP contribution in [0, 0.1) is 96.5 Å². The van der Waals surface area contributed by atoms with Gasteiger partial charge in [-0.3, -0.25) is 0 Å². The second-order valence-corrected chi connectivity index (χ2v) is 10.2. The van der Waals surface area contributed by atoms with Crippen LogP contribution in [0.2, 0.25) is 0 Å². The summed E-state index contributed by atoms with van der Waals surface area (Å²) in [5, 5.41) is 0. The molecular formula is C30H20F12. The average Bonchev–Trinajstić information content (AvgIpc) is 3.71. The zero-order chi connectivity index (χ0) is 31.9. The van der Waals surface area contributed by atoms with Crippen LogP contribution < -0.4 is 0 Å². The van der Waals surface area contributed by atoms with Gasteiger partial charge in [0.1, 0.15) is 0 Å². The van der Waals surface area contributed by atoms with E-state index in [0.29, 0.717) is 0 Å². The minimum Gasteiger partial charge on any atom is -0.203 e. The SMILES string of the molecule is C/C(=C1/C(=C(\C)c2c(F)c(F)c(C)c(F)c2F)C1C(C)c1c(F)c(F)c(C)c(F)c1F)c1c(F)c(F)c(C)c(F)c1F. The summed E-state index contributed by atoms with van der Waals surface area (Å²) in [4.78, 5) is 0. The minimum absolute atomic E-state index is 0.388. The van der Waals surface area contributed by atoms with Crippen molar-refractivity contribution in [3.05, 3.63) is 114 Å². The second-order valence-electron chi connectivity index (χ2n) is 10.2. The maximum Gasteiger partial charge on any atom is 0.169 e. The van der Waals surface area contributed by atoms with Crippen LogP contribution in [0.25, 0.3) is 11.1 Å². The van der Waals surface area contributed by atoms with Gasteiger partial charge in [0, 0.05) is 28.2 Å². The molecule has 12 heteroatoms. The Hall–Kier alpha value is -3.70. The molecule has 2 unspecified atom stereocenters. The standard InChI is InChI=1S/C30H20F12/c1-7(16-25(37)19(31)10(4)20(32)26(16)38)13-14(8(2)17-27(39)21(33)11(5)22(34)28(17)40)15(13)9(3)18-29(41)23(35)12(6)24(36)30(18)42/h7,13H,1-6H3/b14-8-,15-9+. The summed E-state index contributed by atoms with van der Waals surface area (Å²) in [5.41, 5.74) is -8.79. The molecule has 0 spiro atoms. The Morgan fingerprint density at radius 3 is 0.929 bits per heavy atom. The first-order valence-corrected chi connectivity index (χ1v) is 12.3. The number of hydrogen-bond donors (Lipinski definition) is 0. The quantitative estimate of drug-likeness (QED) is 0.204. The van der Waals surface area contributed by atoms with Crippen molar-refractivity contribution >= 4 is 11.1 Å². The van der Waals surface area contributed by atoms with Gasteiger partial charge in [0.15, 0.2) is 69.8 Å². The molecule has 224 valence electrons. The molecule has 0 saturated heterocycles. The van der Waals surface area contributed by atoms with Gasteiger partial charge >= 0.3 is 0 Å². The van der Waals surface area contributed by atoms with Gasteiger partial charge in [-0.25, -0.2) is 52.7 Å². The molecule has 0 aromatic heterocycles. The van der Waals surface area contributed by atoms with Gasteiger partial charge in [0.2, 0.25) is 0 Å². The summed E-state index contributed by atoms with van der Waals surface area (Å²) in [6, 6.07) is 0. The molecule has 0 bridgehead atoms. The minimum atomic E-state index is -1.87. The number of halogens is 12. The summed E-state index contributed by atoms with van der Waals surface area (Å²) in [6.07, 6.45) is 0. The van der Waals surface area contributed by atoms with Crippen LogP contribution in [0.4, 0.5) is 52.7 Å². The van der Waals surface area contributed by atoms with E-state index in [2.05, 4.69) is 0 Å². The third-order valence-corrected chi connectivity index (χ3v) is 7.82. The van der Waals surface area contributed by atoms with Crippen molar-refractivity contribution in [2.45, 2.75) is 47.5 Å². The molecule has 1 fully saturated rings. The Bertz CT molecular complexity index is 1580. The fraction of sp³-hybridized carbons (Fsp3) is 0.267. The summed E-state index contributed by atoms with van der Waals surface area (Å²) < 4.78 is 176.